The lowest BCUT2D eigenvalue weighted by molar-refractivity contribution is 0.607. The topological polar surface area (TPSA) is 0 Å². The standard InChI is InChI=1S/C12H15B/c1-2-7-12(8-9-12)10-3-5-11(13)6-4-10/h3-6H,2,7-9H2,1H3. The van der Waals surface area contributed by atoms with Gasteiger partial charge in [0.15, 0.2) is 0 Å². The van der Waals surface area contributed by atoms with E-state index in [-0.39, 0.29) is 0 Å². The first-order chi connectivity index (χ1) is 6.27. The molecule has 13 heavy (non-hydrogen) atoms. The van der Waals surface area contributed by atoms with Crippen molar-refractivity contribution >= 4 is 13.3 Å². The number of benzene rings is 1. The lowest BCUT2D eigenvalue weighted by Gasteiger charge is -2.14. The molecule has 2 radical (unpaired) electrons. The highest BCUT2D eigenvalue weighted by molar-refractivity contribution is 6.32. The van der Waals surface area contributed by atoms with Gasteiger partial charge in [-0.3, -0.25) is 0 Å². The van der Waals surface area contributed by atoms with E-state index in [9.17, 15) is 0 Å². The van der Waals surface area contributed by atoms with Crippen LogP contribution in [0.2, 0.25) is 0 Å². The van der Waals surface area contributed by atoms with Crippen molar-refractivity contribution in [3.05, 3.63) is 29.8 Å². The Morgan fingerprint density at radius 2 is 1.85 bits per heavy atom. The molecule has 66 valence electrons. The molecule has 0 heterocycles. The zero-order valence-electron chi connectivity index (χ0n) is 8.22. The molecule has 0 spiro atoms. The summed E-state index contributed by atoms with van der Waals surface area (Å²) in [6.45, 7) is 2.26. The Balaban J connectivity index is 2.20. The van der Waals surface area contributed by atoms with E-state index in [2.05, 4.69) is 19.1 Å². The zero-order valence-corrected chi connectivity index (χ0v) is 8.22. The maximum atomic E-state index is 5.66. The van der Waals surface area contributed by atoms with E-state index in [0.29, 0.717) is 5.41 Å². The monoisotopic (exact) mass is 170 g/mol. The summed E-state index contributed by atoms with van der Waals surface area (Å²) < 4.78 is 0. The van der Waals surface area contributed by atoms with Crippen molar-refractivity contribution in [2.24, 2.45) is 0 Å². The summed E-state index contributed by atoms with van der Waals surface area (Å²) in [5, 5.41) is 0. The summed E-state index contributed by atoms with van der Waals surface area (Å²) in [5.74, 6) is 0. The van der Waals surface area contributed by atoms with E-state index < -0.39 is 0 Å². The first-order valence-electron chi connectivity index (χ1n) is 5.13. The summed E-state index contributed by atoms with van der Waals surface area (Å²) in [7, 11) is 5.66. The summed E-state index contributed by atoms with van der Waals surface area (Å²) in [6, 6.07) is 8.42. The van der Waals surface area contributed by atoms with E-state index in [0.717, 1.165) is 5.46 Å². The number of rotatable bonds is 3. The van der Waals surface area contributed by atoms with Gasteiger partial charge in [0.1, 0.15) is 7.85 Å². The minimum atomic E-state index is 0.530. The molecule has 0 atom stereocenters. The van der Waals surface area contributed by atoms with Crippen molar-refractivity contribution in [1.29, 1.82) is 0 Å². The lowest BCUT2D eigenvalue weighted by atomic mass is 9.88. The van der Waals surface area contributed by atoms with Crippen LogP contribution in [0.3, 0.4) is 0 Å². The summed E-state index contributed by atoms with van der Waals surface area (Å²) in [4.78, 5) is 0. The highest BCUT2D eigenvalue weighted by atomic mass is 14.5. The van der Waals surface area contributed by atoms with Crippen molar-refractivity contribution in [3.8, 4) is 0 Å². The Kier molecular flexibility index (Phi) is 2.19. The van der Waals surface area contributed by atoms with Crippen LogP contribution in [-0.2, 0) is 5.41 Å². The summed E-state index contributed by atoms with van der Waals surface area (Å²) in [6.07, 6.45) is 5.34. The molecule has 1 heteroatoms. The first-order valence-corrected chi connectivity index (χ1v) is 5.13. The highest BCUT2D eigenvalue weighted by Crippen LogP contribution is 2.51. The molecule has 0 N–H and O–H groups in total. The van der Waals surface area contributed by atoms with Gasteiger partial charge < -0.3 is 0 Å². The van der Waals surface area contributed by atoms with Crippen molar-refractivity contribution < 1.29 is 0 Å². The second-order valence-electron chi connectivity index (χ2n) is 4.15. The molecule has 0 amide bonds. The molecule has 0 aromatic heterocycles. The Hall–Kier alpha value is -0.715. The van der Waals surface area contributed by atoms with Crippen LogP contribution < -0.4 is 5.46 Å². The molecule has 1 aliphatic rings. The van der Waals surface area contributed by atoms with Gasteiger partial charge in [-0.05, 0) is 30.2 Å². The third-order valence-electron chi connectivity index (χ3n) is 3.11. The molecule has 1 aromatic carbocycles. The van der Waals surface area contributed by atoms with E-state index in [1.807, 2.05) is 12.1 Å². The molecular weight excluding hydrogens is 155 g/mol. The number of hydrogen-bond donors (Lipinski definition) is 0. The normalized spacial score (nSPS) is 18.5. The predicted octanol–water partition coefficient (Wildman–Crippen LogP) is 2.31. The zero-order chi connectivity index (χ0) is 9.31. The van der Waals surface area contributed by atoms with E-state index in [1.165, 1.54) is 31.2 Å². The molecule has 0 aliphatic heterocycles. The Morgan fingerprint density at radius 3 is 2.31 bits per heavy atom. The van der Waals surface area contributed by atoms with Gasteiger partial charge in [-0.25, -0.2) is 0 Å². The second-order valence-corrected chi connectivity index (χ2v) is 4.15. The van der Waals surface area contributed by atoms with Gasteiger partial charge in [0.25, 0.3) is 0 Å². The third-order valence-corrected chi connectivity index (χ3v) is 3.11. The van der Waals surface area contributed by atoms with Crippen molar-refractivity contribution in [3.63, 3.8) is 0 Å². The van der Waals surface area contributed by atoms with Crippen LogP contribution in [0.5, 0.6) is 0 Å². The van der Waals surface area contributed by atoms with Gasteiger partial charge in [-0.15, -0.1) is 0 Å². The molecule has 1 aliphatic carbocycles. The van der Waals surface area contributed by atoms with Crippen LogP contribution in [0.15, 0.2) is 24.3 Å². The molecule has 0 unspecified atom stereocenters. The van der Waals surface area contributed by atoms with Gasteiger partial charge in [-0.2, -0.15) is 0 Å². The van der Waals surface area contributed by atoms with Crippen LogP contribution in [0.25, 0.3) is 0 Å². The first kappa shape index (κ1) is 8.86. The Bertz CT molecular complexity index is 282. The van der Waals surface area contributed by atoms with Gasteiger partial charge in [0, 0.05) is 0 Å². The highest BCUT2D eigenvalue weighted by Gasteiger charge is 2.42. The maximum absolute atomic E-state index is 5.66. The molecule has 1 saturated carbocycles. The van der Waals surface area contributed by atoms with Crippen molar-refractivity contribution in [2.45, 2.75) is 38.0 Å². The van der Waals surface area contributed by atoms with E-state index in [1.54, 1.807) is 0 Å². The molecule has 0 nitrogen and oxygen atoms in total. The fourth-order valence-electron chi connectivity index (χ4n) is 2.15. The maximum Gasteiger partial charge on any atom is 0.113 e. The summed E-state index contributed by atoms with van der Waals surface area (Å²) >= 11 is 0. The van der Waals surface area contributed by atoms with Gasteiger partial charge in [-0.1, -0.05) is 43.1 Å². The fourth-order valence-corrected chi connectivity index (χ4v) is 2.15. The molecule has 2 rings (SSSR count). The summed E-state index contributed by atoms with van der Waals surface area (Å²) in [5.41, 5.74) is 2.89. The average molecular weight is 170 g/mol. The Morgan fingerprint density at radius 1 is 1.23 bits per heavy atom. The quantitative estimate of drug-likeness (QED) is 0.610. The minimum absolute atomic E-state index is 0.530. The predicted molar refractivity (Wildman–Crippen MR) is 57.7 cm³/mol. The van der Waals surface area contributed by atoms with Crippen LogP contribution in [0, 0.1) is 0 Å². The van der Waals surface area contributed by atoms with E-state index >= 15 is 0 Å². The SMILES string of the molecule is [B]c1ccc(C2(CCC)CC2)cc1. The third kappa shape index (κ3) is 1.65. The molecule has 0 bridgehead atoms. The average Bonchev–Trinajstić information content (AvgIpc) is 2.87. The Labute approximate surface area is 81.8 Å². The van der Waals surface area contributed by atoms with Crippen molar-refractivity contribution in [2.75, 3.05) is 0 Å². The van der Waals surface area contributed by atoms with E-state index in [4.69, 9.17) is 7.85 Å². The van der Waals surface area contributed by atoms with Gasteiger partial charge >= 0.3 is 0 Å². The van der Waals surface area contributed by atoms with Gasteiger partial charge in [0.05, 0.1) is 0 Å². The molecule has 1 fully saturated rings. The van der Waals surface area contributed by atoms with Crippen LogP contribution >= 0.6 is 0 Å². The van der Waals surface area contributed by atoms with Crippen LogP contribution in [-0.4, -0.2) is 7.85 Å². The van der Waals surface area contributed by atoms with Gasteiger partial charge in [0.2, 0.25) is 0 Å². The molecular formula is C12H15B. The smallest absolute Gasteiger partial charge is 0.0967 e. The minimum Gasteiger partial charge on any atom is -0.0967 e. The number of hydrogen-bond acceptors (Lipinski definition) is 0. The van der Waals surface area contributed by atoms with Crippen LogP contribution in [0.4, 0.5) is 0 Å². The molecule has 1 aromatic rings. The fraction of sp³-hybridized carbons (Fsp3) is 0.500. The lowest BCUT2D eigenvalue weighted by Crippen LogP contribution is -2.08. The second kappa shape index (κ2) is 3.21. The van der Waals surface area contributed by atoms with Crippen molar-refractivity contribution in [1.82, 2.24) is 0 Å². The largest absolute Gasteiger partial charge is 0.113 e. The van der Waals surface area contributed by atoms with Crippen LogP contribution in [0.1, 0.15) is 38.2 Å². The molecule has 0 saturated heterocycles.